The molecule has 2 aliphatic carbocycles. The van der Waals surface area contributed by atoms with Crippen molar-refractivity contribution in [3.05, 3.63) is 11.6 Å². The molecule has 1 fully saturated rings. The molecule has 24 heavy (non-hydrogen) atoms. The highest BCUT2D eigenvalue weighted by molar-refractivity contribution is 5.84. The van der Waals surface area contributed by atoms with Gasteiger partial charge in [-0.1, -0.05) is 45.3 Å². The molecule has 0 amide bonds. The van der Waals surface area contributed by atoms with Crippen LogP contribution in [0.5, 0.6) is 0 Å². The second-order valence-corrected chi connectivity index (χ2v) is 7.57. The number of carboxylic acids is 1. The second-order valence-electron chi connectivity index (χ2n) is 7.57. The molecule has 4 unspecified atom stereocenters. The molecule has 0 aliphatic heterocycles. The van der Waals surface area contributed by atoms with Crippen molar-refractivity contribution in [2.45, 2.75) is 78.2 Å². The molecule has 1 saturated carbocycles. The Bertz CT molecular complexity index is 504. The van der Waals surface area contributed by atoms with Gasteiger partial charge in [0.25, 0.3) is 0 Å². The molecule has 2 aliphatic rings. The smallest absolute Gasteiger partial charge is 0.310 e. The van der Waals surface area contributed by atoms with Gasteiger partial charge in [0.1, 0.15) is 5.60 Å². The van der Waals surface area contributed by atoms with E-state index >= 15 is 0 Å². The van der Waals surface area contributed by atoms with Crippen LogP contribution in [0.2, 0.25) is 0 Å². The highest BCUT2D eigenvalue weighted by Crippen LogP contribution is 2.52. The van der Waals surface area contributed by atoms with Gasteiger partial charge in [-0.3, -0.25) is 9.59 Å². The summed E-state index contributed by atoms with van der Waals surface area (Å²) >= 11 is 0. The van der Waals surface area contributed by atoms with E-state index in [0.29, 0.717) is 0 Å². The first-order chi connectivity index (χ1) is 11.4. The number of hydrogen-bond acceptors (Lipinski definition) is 3. The van der Waals surface area contributed by atoms with Gasteiger partial charge in [0.2, 0.25) is 0 Å². The van der Waals surface area contributed by atoms with Crippen LogP contribution in [0, 0.1) is 23.7 Å². The van der Waals surface area contributed by atoms with Gasteiger partial charge in [-0.25, -0.2) is 0 Å². The van der Waals surface area contributed by atoms with Crippen LogP contribution in [0.1, 0.15) is 72.6 Å². The molecule has 4 nitrogen and oxygen atoms in total. The van der Waals surface area contributed by atoms with Crippen LogP contribution in [0.25, 0.3) is 0 Å². The molecule has 4 heteroatoms. The molecule has 136 valence electrons. The molecule has 1 N–H and O–H groups in total. The molecule has 0 heterocycles. The number of allylic oxidation sites excluding steroid dienone is 2. The van der Waals surface area contributed by atoms with Crippen LogP contribution in [0.3, 0.4) is 0 Å². The van der Waals surface area contributed by atoms with Gasteiger partial charge in [-0.05, 0) is 50.9 Å². The molecule has 0 spiro atoms. The minimum absolute atomic E-state index is 0.00259. The van der Waals surface area contributed by atoms with E-state index in [-0.39, 0.29) is 17.8 Å². The first kappa shape index (κ1) is 19.0. The monoisotopic (exact) mass is 336 g/mol. The van der Waals surface area contributed by atoms with E-state index in [9.17, 15) is 14.7 Å². The van der Waals surface area contributed by atoms with Gasteiger partial charge in [0.15, 0.2) is 0 Å². The van der Waals surface area contributed by atoms with Crippen LogP contribution in [0.15, 0.2) is 11.6 Å². The zero-order valence-corrected chi connectivity index (χ0v) is 15.5. The Morgan fingerprint density at radius 1 is 1.21 bits per heavy atom. The number of aliphatic carboxylic acids is 1. The molecule has 0 saturated heterocycles. The number of esters is 1. The maximum Gasteiger partial charge on any atom is 0.310 e. The van der Waals surface area contributed by atoms with Crippen LogP contribution in [0.4, 0.5) is 0 Å². The van der Waals surface area contributed by atoms with Crippen molar-refractivity contribution in [1.82, 2.24) is 0 Å². The lowest BCUT2D eigenvalue weighted by Gasteiger charge is -2.35. The Kier molecular flexibility index (Phi) is 6.11. The minimum Gasteiger partial charge on any atom is -0.481 e. The molecule has 2 bridgehead atoms. The largest absolute Gasteiger partial charge is 0.481 e. The van der Waals surface area contributed by atoms with Gasteiger partial charge in [-0.2, -0.15) is 0 Å². The number of ether oxygens (including phenoxy) is 1. The Labute approximate surface area is 145 Å². The lowest BCUT2D eigenvalue weighted by Crippen LogP contribution is -2.41. The SMILES string of the molecule is CCCCCC(CC)(CC)OC(=O)C1C2C=C(C)C(C2)C1C(=O)O. The van der Waals surface area contributed by atoms with Crippen molar-refractivity contribution in [2.75, 3.05) is 0 Å². The van der Waals surface area contributed by atoms with Crippen LogP contribution in [-0.4, -0.2) is 22.6 Å². The summed E-state index contributed by atoms with van der Waals surface area (Å²) in [6.45, 7) is 8.26. The third-order valence-corrected chi connectivity index (χ3v) is 6.27. The molecule has 0 aromatic rings. The van der Waals surface area contributed by atoms with E-state index < -0.39 is 23.4 Å². The Balaban J connectivity index is 2.13. The van der Waals surface area contributed by atoms with Crippen molar-refractivity contribution < 1.29 is 19.4 Å². The van der Waals surface area contributed by atoms with Gasteiger partial charge in [-0.15, -0.1) is 0 Å². The predicted molar refractivity (Wildman–Crippen MR) is 93.5 cm³/mol. The third-order valence-electron chi connectivity index (χ3n) is 6.27. The topological polar surface area (TPSA) is 63.6 Å². The van der Waals surface area contributed by atoms with Crippen molar-refractivity contribution >= 4 is 11.9 Å². The maximum atomic E-state index is 12.9. The molecule has 4 atom stereocenters. The number of unbranched alkanes of at least 4 members (excludes halogenated alkanes) is 2. The van der Waals surface area contributed by atoms with Gasteiger partial charge < -0.3 is 9.84 Å². The fourth-order valence-electron chi connectivity index (χ4n) is 4.63. The number of hydrogen-bond donors (Lipinski definition) is 1. The highest BCUT2D eigenvalue weighted by Gasteiger charge is 2.55. The summed E-state index contributed by atoms with van der Waals surface area (Å²) in [7, 11) is 0. The van der Waals surface area contributed by atoms with E-state index in [0.717, 1.165) is 50.5 Å². The van der Waals surface area contributed by atoms with Crippen LogP contribution < -0.4 is 0 Å². The molecule has 0 aromatic heterocycles. The molecule has 0 radical (unpaired) electrons. The number of fused-ring (bicyclic) bond motifs is 2. The van der Waals surface area contributed by atoms with E-state index in [2.05, 4.69) is 26.8 Å². The van der Waals surface area contributed by atoms with Crippen molar-refractivity contribution in [3.8, 4) is 0 Å². The standard InChI is InChI=1S/C20H32O4/c1-5-8-9-10-20(6-2,7-3)24-19(23)16-14-11-13(4)15(12-14)17(16)18(21)22/h11,14-17H,5-10,12H2,1-4H3,(H,21,22). The Morgan fingerprint density at radius 2 is 1.88 bits per heavy atom. The Hall–Kier alpha value is -1.32. The zero-order chi connectivity index (χ0) is 17.9. The normalized spacial score (nSPS) is 28.8. The second kappa shape index (κ2) is 7.71. The summed E-state index contributed by atoms with van der Waals surface area (Å²) in [5.41, 5.74) is 0.687. The highest BCUT2D eigenvalue weighted by atomic mass is 16.6. The van der Waals surface area contributed by atoms with Crippen LogP contribution >= 0.6 is 0 Å². The number of carboxylic acid groups (broad SMARTS) is 1. The lowest BCUT2D eigenvalue weighted by molar-refractivity contribution is -0.173. The van der Waals surface area contributed by atoms with Crippen molar-refractivity contribution in [3.63, 3.8) is 0 Å². The van der Waals surface area contributed by atoms with E-state index in [1.54, 1.807) is 0 Å². The average molecular weight is 336 g/mol. The molecular weight excluding hydrogens is 304 g/mol. The van der Waals surface area contributed by atoms with E-state index in [1.165, 1.54) is 0 Å². The summed E-state index contributed by atoms with van der Waals surface area (Å²) < 4.78 is 6.00. The predicted octanol–water partition coefficient (Wildman–Crippen LogP) is 4.58. The number of carbonyl (C=O) groups excluding carboxylic acids is 1. The first-order valence-electron chi connectivity index (χ1n) is 9.53. The summed E-state index contributed by atoms with van der Waals surface area (Å²) in [5.74, 6) is -2.25. The first-order valence-corrected chi connectivity index (χ1v) is 9.53. The maximum absolute atomic E-state index is 12.9. The average Bonchev–Trinajstić information content (AvgIpc) is 3.10. The van der Waals surface area contributed by atoms with Crippen molar-refractivity contribution in [1.29, 1.82) is 0 Å². The third kappa shape index (κ3) is 3.52. The van der Waals surface area contributed by atoms with Gasteiger partial charge in [0.05, 0.1) is 11.8 Å². The van der Waals surface area contributed by atoms with E-state index in [1.807, 2.05) is 6.92 Å². The van der Waals surface area contributed by atoms with Crippen molar-refractivity contribution in [2.24, 2.45) is 23.7 Å². The van der Waals surface area contributed by atoms with Gasteiger partial charge >= 0.3 is 11.9 Å². The summed E-state index contributed by atoms with van der Waals surface area (Å²) in [4.78, 5) is 24.6. The summed E-state index contributed by atoms with van der Waals surface area (Å²) in [6, 6.07) is 0. The summed E-state index contributed by atoms with van der Waals surface area (Å²) in [5, 5.41) is 9.62. The zero-order valence-electron chi connectivity index (χ0n) is 15.5. The number of rotatable bonds is 9. The van der Waals surface area contributed by atoms with E-state index in [4.69, 9.17) is 4.74 Å². The molecule has 0 aromatic carbocycles. The number of carbonyl (C=O) groups is 2. The summed E-state index contributed by atoms with van der Waals surface area (Å²) in [6.07, 6.45) is 8.62. The molecule has 2 rings (SSSR count). The fraction of sp³-hybridized carbons (Fsp3) is 0.800. The quantitative estimate of drug-likeness (QED) is 0.380. The minimum atomic E-state index is -0.860. The molecular formula is C20H32O4. The van der Waals surface area contributed by atoms with Crippen LogP contribution in [-0.2, 0) is 14.3 Å². The lowest BCUT2D eigenvalue weighted by atomic mass is 9.79. The van der Waals surface area contributed by atoms with Gasteiger partial charge in [0, 0.05) is 0 Å². The fourth-order valence-corrected chi connectivity index (χ4v) is 4.63. The Morgan fingerprint density at radius 3 is 2.42 bits per heavy atom.